The maximum absolute atomic E-state index is 13.4. The summed E-state index contributed by atoms with van der Waals surface area (Å²) in [4.78, 5) is 12.8. The molecule has 0 aliphatic carbocycles. The molecule has 0 saturated carbocycles. The van der Waals surface area contributed by atoms with Crippen molar-refractivity contribution in [2.24, 2.45) is 0 Å². The van der Waals surface area contributed by atoms with Crippen LogP contribution in [-0.2, 0) is 6.18 Å². The summed E-state index contributed by atoms with van der Waals surface area (Å²) in [5.41, 5.74) is -0.144. The minimum absolute atomic E-state index is 0.0169. The lowest BCUT2D eigenvalue weighted by Crippen LogP contribution is -2.15. The third kappa shape index (κ3) is 4.29. The van der Waals surface area contributed by atoms with Gasteiger partial charge in [0.05, 0.1) is 22.5 Å². The van der Waals surface area contributed by atoms with Crippen LogP contribution in [0.4, 0.5) is 27.6 Å². The SMILES string of the molecule is Cc1cc(C(=O)Nc2ccccc2OC(F)F)c(C)n1-c1ccccc1C(F)(F)F. The monoisotopic (exact) mass is 424 g/mol. The minimum Gasteiger partial charge on any atom is -0.433 e. The molecular formula is C21H17F5N2O2. The number of nitrogens with one attached hydrogen (secondary N) is 1. The van der Waals surface area contributed by atoms with Crippen molar-refractivity contribution in [2.75, 3.05) is 5.32 Å². The summed E-state index contributed by atoms with van der Waals surface area (Å²) >= 11 is 0. The van der Waals surface area contributed by atoms with Crippen LogP contribution in [0.5, 0.6) is 5.75 Å². The fraction of sp³-hybridized carbons (Fsp3) is 0.190. The molecule has 0 radical (unpaired) electrons. The number of amides is 1. The van der Waals surface area contributed by atoms with Crippen molar-refractivity contribution in [3.8, 4) is 11.4 Å². The van der Waals surface area contributed by atoms with Gasteiger partial charge in [-0.15, -0.1) is 0 Å². The molecule has 0 aliphatic rings. The maximum Gasteiger partial charge on any atom is 0.418 e. The summed E-state index contributed by atoms with van der Waals surface area (Å²) in [5.74, 6) is -0.888. The van der Waals surface area contributed by atoms with Gasteiger partial charge in [0.15, 0.2) is 0 Å². The number of anilines is 1. The predicted octanol–water partition coefficient (Wildman–Crippen LogP) is 5.97. The Morgan fingerprint density at radius 1 is 1.03 bits per heavy atom. The fourth-order valence-electron chi connectivity index (χ4n) is 3.23. The zero-order valence-electron chi connectivity index (χ0n) is 15.9. The Hall–Kier alpha value is -3.36. The number of para-hydroxylation sites is 3. The van der Waals surface area contributed by atoms with E-state index in [-0.39, 0.29) is 28.4 Å². The predicted molar refractivity (Wildman–Crippen MR) is 101 cm³/mol. The molecule has 0 spiro atoms. The van der Waals surface area contributed by atoms with Gasteiger partial charge in [0.2, 0.25) is 0 Å². The first kappa shape index (κ1) is 21.4. The lowest BCUT2D eigenvalue weighted by atomic mass is 10.1. The average molecular weight is 424 g/mol. The van der Waals surface area contributed by atoms with E-state index in [2.05, 4.69) is 10.1 Å². The lowest BCUT2D eigenvalue weighted by molar-refractivity contribution is -0.137. The van der Waals surface area contributed by atoms with Crippen molar-refractivity contribution in [3.05, 3.63) is 77.1 Å². The summed E-state index contributed by atoms with van der Waals surface area (Å²) in [6.07, 6.45) is -4.58. The number of benzene rings is 2. The second kappa shape index (κ2) is 8.17. The van der Waals surface area contributed by atoms with E-state index in [1.165, 1.54) is 60.0 Å². The van der Waals surface area contributed by atoms with Crippen molar-refractivity contribution in [1.29, 1.82) is 0 Å². The maximum atomic E-state index is 13.4. The largest absolute Gasteiger partial charge is 0.433 e. The number of ether oxygens (including phenoxy) is 1. The average Bonchev–Trinajstić information content (AvgIpc) is 2.96. The van der Waals surface area contributed by atoms with E-state index in [0.717, 1.165) is 6.07 Å². The summed E-state index contributed by atoms with van der Waals surface area (Å²) in [5, 5.41) is 2.48. The van der Waals surface area contributed by atoms with Crippen molar-refractivity contribution in [1.82, 2.24) is 4.57 Å². The van der Waals surface area contributed by atoms with Crippen LogP contribution in [0, 0.1) is 13.8 Å². The molecule has 0 fully saturated rings. The Balaban J connectivity index is 1.99. The van der Waals surface area contributed by atoms with Gasteiger partial charge in [-0.25, -0.2) is 0 Å². The van der Waals surface area contributed by atoms with E-state index in [1.807, 2.05) is 0 Å². The molecule has 2 aromatic carbocycles. The van der Waals surface area contributed by atoms with Crippen molar-refractivity contribution < 1.29 is 31.5 Å². The number of carbonyl (C=O) groups is 1. The molecule has 0 saturated heterocycles. The van der Waals surface area contributed by atoms with E-state index in [9.17, 15) is 26.7 Å². The van der Waals surface area contributed by atoms with Gasteiger partial charge in [-0.3, -0.25) is 4.79 Å². The van der Waals surface area contributed by atoms with Gasteiger partial charge < -0.3 is 14.6 Å². The molecule has 4 nitrogen and oxygen atoms in total. The highest BCUT2D eigenvalue weighted by Crippen LogP contribution is 2.35. The zero-order chi connectivity index (χ0) is 22.1. The van der Waals surface area contributed by atoms with Crippen molar-refractivity contribution in [2.45, 2.75) is 26.6 Å². The molecule has 3 rings (SSSR count). The van der Waals surface area contributed by atoms with E-state index < -0.39 is 24.3 Å². The molecule has 0 unspecified atom stereocenters. The van der Waals surface area contributed by atoms with Gasteiger partial charge >= 0.3 is 12.8 Å². The van der Waals surface area contributed by atoms with Crippen LogP contribution in [0.2, 0.25) is 0 Å². The van der Waals surface area contributed by atoms with E-state index in [4.69, 9.17) is 0 Å². The minimum atomic E-state index is -4.58. The quantitative estimate of drug-likeness (QED) is 0.513. The Kier molecular flexibility index (Phi) is 5.82. The second-order valence-corrected chi connectivity index (χ2v) is 6.46. The molecule has 1 amide bonds. The number of aryl methyl sites for hydroxylation is 1. The molecule has 1 N–H and O–H groups in total. The highest BCUT2D eigenvalue weighted by atomic mass is 19.4. The van der Waals surface area contributed by atoms with Gasteiger partial charge in [-0.2, -0.15) is 22.0 Å². The number of halogens is 5. The summed E-state index contributed by atoms with van der Waals surface area (Å²) in [6, 6.07) is 12.1. The number of hydrogen-bond donors (Lipinski definition) is 1. The number of aromatic nitrogens is 1. The van der Waals surface area contributed by atoms with Crippen molar-refractivity contribution in [3.63, 3.8) is 0 Å². The first-order valence-corrected chi connectivity index (χ1v) is 8.80. The summed E-state index contributed by atoms with van der Waals surface area (Å²) in [7, 11) is 0. The highest BCUT2D eigenvalue weighted by Gasteiger charge is 2.34. The molecule has 158 valence electrons. The van der Waals surface area contributed by atoms with Crippen LogP contribution >= 0.6 is 0 Å². The van der Waals surface area contributed by atoms with Gasteiger partial charge in [0, 0.05) is 11.4 Å². The molecule has 9 heteroatoms. The molecule has 0 bridgehead atoms. The number of nitrogens with zero attached hydrogens (tertiary/aromatic N) is 1. The molecule has 3 aromatic rings. The topological polar surface area (TPSA) is 43.3 Å². The summed E-state index contributed by atoms with van der Waals surface area (Å²) < 4.78 is 71.2. The molecule has 1 aromatic heterocycles. The van der Waals surface area contributed by atoms with Gasteiger partial charge in [0.25, 0.3) is 5.91 Å². The zero-order valence-corrected chi connectivity index (χ0v) is 15.9. The standard InChI is InChI=1S/C21H17F5N2O2/c1-12-11-14(19(29)27-16-8-4-6-10-18(16)30-20(22)23)13(2)28(12)17-9-5-3-7-15(17)21(24,25)26/h3-11,20H,1-2H3,(H,27,29). The van der Waals surface area contributed by atoms with Crippen LogP contribution in [0.1, 0.15) is 27.3 Å². The Labute approximate surface area is 168 Å². The van der Waals surface area contributed by atoms with Gasteiger partial charge in [-0.05, 0) is 44.2 Å². The Morgan fingerprint density at radius 2 is 1.67 bits per heavy atom. The van der Waals surface area contributed by atoms with E-state index >= 15 is 0 Å². The van der Waals surface area contributed by atoms with Gasteiger partial charge in [-0.1, -0.05) is 24.3 Å². The van der Waals surface area contributed by atoms with Crippen LogP contribution in [-0.4, -0.2) is 17.1 Å². The first-order valence-electron chi connectivity index (χ1n) is 8.80. The molecule has 30 heavy (non-hydrogen) atoms. The van der Waals surface area contributed by atoms with E-state index in [1.54, 1.807) is 6.92 Å². The number of alkyl halides is 5. The second-order valence-electron chi connectivity index (χ2n) is 6.46. The Morgan fingerprint density at radius 3 is 2.33 bits per heavy atom. The highest BCUT2D eigenvalue weighted by molar-refractivity contribution is 6.06. The third-order valence-electron chi connectivity index (χ3n) is 4.48. The molecule has 0 atom stereocenters. The van der Waals surface area contributed by atoms with Crippen LogP contribution in [0.3, 0.4) is 0 Å². The Bertz CT molecular complexity index is 1070. The number of rotatable bonds is 5. The van der Waals surface area contributed by atoms with E-state index in [0.29, 0.717) is 5.69 Å². The fourth-order valence-corrected chi connectivity index (χ4v) is 3.23. The van der Waals surface area contributed by atoms with Crippen LogP contribution in [0.15, 0.2) is 54.6 Å². The number of hydrogen-bond acceptors (Lipinski definition) is 2. The first-order chi connectivity index (χ1) is 14.1. The van der Waals surface area contributed by atoms with Crippen LogP contribution in [0.25, 0.3) is 5.69 Å². The lowest BCUT2D eigenvalue weighted by Gasteiger charge is -2.17. The third-order valence-corrected chi connectivity index (χ3v) is 4.48. The van der Waals surface area contributed by atoms with Crippen molar-refractivity contribution >= 4 is 11.6 Å². The number of carbonyl (C=O) groups excluding carboxylic acids is 1. The summed E-state index contributed by atoms with van der Waals surface area (Å²) in [6.45, 7) is 0.00787. The van der Waals surface area contributed by atoms with Gasteiger partial charge in [0.1, 0.15) is 5.75 Å². The molecule has 0 aliphatic heterocycles. The smallest absolute Gasteiger partial charge is 0.418 e. The molecule has 1 heterocycles. The van der Waals surface area contributed by atoms with Crippen LogP contribution < -0.4 is 10.1 Å². The molecular weight excluding hydrogens is 407 g/mol. The normalized spacial score (nSPS) is 11.6.